The fourth-order valence-corrected chi connectivity index (χ4v) is 2.77. The second-order valence-corrected chi connectivity index (χ2v) is 6.64. The average molecular weight is 331 g/mol. The Bertz CT molecular complexity index is 776. The minimum Gasteiger partial charge on any atom is -0.487 e. The van der Waals surface area contributed by atoms with Crippen LogP contribution in [0.5, 0.6) is 5.75 Å². The summed E-state index contributed by atoms with van der Waals surface area (Å²) in [7, 11) is 0. The van der Waals surface area contributed by atoms with Gasteiger partial charge in [0.1, 0.15) is 6.61 Å². The van der Waals surface area contributed by atoms with E-state index in [9.17, 15) is 14.7 Å². The van der Waals surface area contributed by atoms with Crippen molar-refractivity contribution in [3.05, 3.63) is 23.9 Å². The van der Waals surface area contributed by atoms with Crippen LogP contribution < -0.4 is 9.64 Å². The lowest BCUT2D eigenvalue weighted by Crippen LogP contribution is -2.37. The molecule has 3 rings (SSSR count). The SMILES string of the molecule is CC(C)(O)COc1ccc2c(C=O)cnn2c1N1CCCCC1=O. The van der Waals surface area contributed by atoms with Crippen molar-refractivity contribution < 1.29 is 19.4 Å². The van der Waals surface area contributed by atoms with Crippen LogP contribution in [0.3, 0.4) is 0 Å². The van der Waals surface area contributed by atoms with Crippen molar-refractivity contribution in [1.82, 2.24) is 9.61 Å². The molecule has 128 valence electrons. The van der Waals surface area contributed by atoms with E-state index >= 15 is 0 Å². The number of nitrogens with zero attached hydrogens (tertiary/aromatic N) is 3. The molecule has 0 unspecified atom stereocenters. The third kappa shape index (κ3) is 3.12. The third-order valence-electron chi connectivity index (χ3n) is 3.94. The normalized spacial score (nSPS) is 15.8. The topological polar surface area (TPSA) is 84.1 Å². The molecule has 0 atom stereocenters. The second kappa shape index (κ2) is 6.24. The molecule has 0 saturated carbocycles. The number of piperidine rings is 1. The zero-order chi connectivity index (χ0) is 17.3. The number of carbonyl (C=O) groups is 2. The van der Waals surface area contributed by atoms with Gasteiger partial charge in [0.05, 0.1) is 22.9 Å². The standard InChI is InChI=1S/C17H21N3O4/c1-17(2,23)11-24-14-7-6-13-12(10-21)9-18-20(13)16(14)19-8-4-3-5-15(19)22/h6-7,9-10,23H,3-5,8,11H2,1-2H3. The molecule has 2 aromatic heterocycles. The van der Waals surface area contributed by atoms with Crippen LogP contribution in [-0.2, 0) is 4.79 Å². The van der Waals surface area contributed by atoms with Crippen LogP contribution >= 0.6 is 0 Å². The van der Waals surface area contributed by atoms with Crippen LogP contribution in [0.15, 0.2) is 18.3 Å². The first-order chi connectivity index (χ1) is 11.4. The maximum absolute atomic E-state index is 12.4. The number of hydrogen-bond acceptors (Lipinski definition) is 5. The molecule has 0 aromatic carbocycles. The Morgan fingerprint density at radius 1 is 1.38 bits per heavy atom. The minimum absolute atomic E-state index is 0.00464. The quantitative estimate of drug-likeness (QED) is 0.845. The van der Waals surface area contributed by atoms with Gasteiger partial charge in [0, 0.05) is 13.0 Å². The van der Waals surface area contributed by atoms with Gasteiger partial charge in [-0.1, -0.05) is 0 Å². The van der Waals surface area contributed by atoms with Crippen molar-refractivity contribution in [2.24, 2.45) is 0 Å². The Kier molecular flexibility index (Phi) is 4.28. The van der Waals surface area contributed by atoms with Crippen LogP contribution in [0.1, 0.15) is 43.5 Å². The van der Waals surface area contributed by atoms with Gasteiger partial charge in [-0.25, -0.2) is 4.52 Å². The van der Waals surface area contributed by atoms with Gasteiger partial charge in [-0.05, 0) is 38.8 Å². The third-order valence-corrected chi connectivity index (χ3v) is 3.94. The summed E-state index contributed by atoms with van der Waals surface area (Å²) in [4.78, 5) is 25.2. The molecule has 2 aromatic rings. The summed E-state index contributed by atoms with van der Waals surface area (Å²) >= 11 is 0. The van der Waals surface area contributed by atoms with Gasteiger partial charge in [0.25, 0.3) is 0 Å². The van der Waals surface area contributed by atoms with Crippen molar-refractivity contribution in [2.45, 2.75) is 38.7 Å². The van der Waals surface area contributed by atoms with Crippen molar-refractivity contribution >= 4 is 23.5 Å². The predicted octanol–water partition coefficient (Wildman–Crippen LogP) is 1.81. The number of ether oxygens (including phenoxy) is 1. The first-order valence-corrected chi connectivity index (χ1v) is 8.02. The number of pyridine rings is 1. The van der Waals surface area contributed by atoms with E-state index in [1.165, 1.54) is 6.20 Å². The number of amides is 1. The number of anilines is 1. The largest absolute Gasteiger partial charge is 0.487 e. The summed E-state index contributed by atoms with van der Waals surface area (Å²) in [6.45, 7) is 3.95. The maximum atomic E-state index is 12.4. The zero-order valence-corrected chi connectivity index (χ0v) is 13.9. The van der Waals surface area contributed by atoms with Crippen LogP contribution in [0, 0.1) is 0 Å². The summed E-state index contributed by atoms with van der Waals surface area (Å²) in [5, 5.41) is 14.2. The number of aromatic nitrogens is 2. The first-order valence-electron chi connectivity index (χ1n) is 8.02. The van der Waals surface area contributed by atoms with Gasteiger partial charge in [-0.15, -0.1) is 0 Å². The number of carbonyl (C=O) groups excluding carboxylic acids is 2. The van der Waals surface area contributed by atoms with Crippen LogP contribution in [0.4, 0.5) is 5.82 Å². The Morgan fingerprint density at radius 3 is 2.83 bits per heavy atom. The van der Waals surface area contributed by atoms with E-state index in [-0.39, 0.29) is 12.5 Å². The van der Waals surface area contributed by atoms with Crippen molar-refractivity contribution in [2.75, 3.05) is 18.1 Å². The van der Waals surface area contributed by atoms with E-state index in [1.807, 2.05) is 0 Å². The Balaban J connectivity index is 2.10. The molecule has 0 spiro atoms. The van der Waals surface area contributed by atoms with Crippen LogP contribution in [0.2, 0.25) is 0 Å². The summed E-state index contributed by atoms with van der Waals surface area (Å²) in [6, 6.07) is 3.45. The van der Waals surface area contributed by atoms with Crippen molar-refractivity contribution in [1.29, 1.82) is 0 Å². The number of hydrogen-bond donors (Lipinski definition) is 1. The molecule has 1 aliphatic rings. The highest BCUT2D eigenvalue weighted by Gasteiger charge is 2.27. The number of rotatable bonds is 5. The van der Waals surface area contributed by atoms with Gasteiger partial charge in [-0.3, -0.25) is 14.5 Å². The Hall–Kier alpha value is -2.41. The van der Waals surface area contributed by atoms with Crippen LogP contribution in [0.25, 0.3) is 5.52 Å². The van der Waals surface area contributed by atoms with Gasteiger partial charge >= 0.3 is 0 Å². The minimum atomic E-state index is -1.00. The number of aliphatic hydroxyl groups is 1. The van der Waals surface area contributed by atoms with Crippen molar-refractivity contribution in [3.8, 4) is 5.75 Å². The van der Waals surface area contributed by atoms with E-state index in [1.54, 1.807) is 35.4 Å². The summed E-state index contributed by atoms with van der Waals surface area (Å²) in [5.74, 6) is 0.972. The lowest BCUT2D eigenvalue weighted by molar-refractivity contribution is -0.119. The van der Waals surface area contributed by atoms with Gasteiger partial charge in [-0.2, -0.15) is 5.10 Å². The first kappa shape index (κ1) is 16.4. The predicted molar refractivity (Wildman–Crippen MR) is 88.6 cm³/mol. The second-order valence-electron chi connectivity index (χ2n) is 6.64. The highest BCUT2D eigenvalue weighted by atomic mass is 16.5. The molecule has 0 aliphatic carbocycles. The van der Waals surface area contributed by atoms with Gasteiger partial charge in [0.2, 0.25) is 5.91 Å². The van der Waals surface area contributed by atoms with Crippen molar-refractivity contribution in [3.63, 3.8) is 0 Å². The molecule has 0 radical (unpaired) electrons. The fraction of sp³-hybridized carbons (Fsp3) is 0.471. The Labute approximate surface area is 139 Å². The fourth-order valence-electron chi connectivity index (χ4n) is 2.77. The van der Waals surface area contributed by atoms with Gasteiger partial charge < -0.3 is 9.84 Å². The van der Waals surface area contributed by atoms with E-state index in [0.717, 1.165) is 19.1 Å². The van der Waals surface area contributed by atoms with Gasteiger partial charge in [0.15, 0.2) is 17.9 Å². The monoisotopic (exact) mass is 331 g/mol. The number of fused-ring (bicyclic) bond motifs is 1. The molecular weight excluding hydrogens is 310 g/mol. The molecule has 24 heavy (non-hydrogen) atoms. The molecule has 3 heterocycles. The highest BCUT2D eigenvalue weighted by molar-refractivity contribution is 5.96. The summed E-state index contributed by atoms with van der Waals surface area (Å²) < 4.78 is 7.32. The average Bonchev–Trinajstić information content (AvgIpc) is 2.95. The van der Waals surface area contributed by atoms with E-state index in [2.05, 4.69) is 5.10 Å². The molecule has 1 saturated heterocycles. The molecule has 7 heteroatoms. The van der Waals surface area contributed by atoms with E-state index in [0.29, 0.717) is 35.6 Å². The summed E-state index contributed by atoms with van der Waals surface area (Å²) in [6.07, 6.45) is 4.45. The van der Waals surface area contributed by atoms with E-state index < -0.39 is 5.60 Å². The lowest BCUT2D eigenvalue weighted by Gasteiger charge is -2.29. The highest BCUT2D eigenvalue weighted by Crippen LogP contribution is 2.33. The molecular formula is C17H21N3O4. The summed E-state index contributed by atoms with van der Waals surface area (Å²) in [5.41, 5.74) is 0.0691. The van der Waals surface area contributed by atoms with Crippen LogP contribution in [-0.4, -0.2) is 45.7 Å². The number of aldehydes is 1. The lowest BCUT2D eigenvalue weighted by atomic mass is 10.1. The molecule has 1 amide bonds. The van der Waals surface area contributed by atoms with E-state index in [4.69, 9.17) is 4.74 Å². The molecule has 1 N–H and O–H groups in total. The molecule has 1 aliphatic heterocycles. The molecule has 1 fully saturated rings. The Morgan fingerprint density at radius 2 is 2.17 bits per heavy atom. The molecule has 7 nitrogen and oxygen atoms in total. The molecule has 0 bridgehead atoms. The smallest absolute Gasteiger partial charge is 0.228 e. The zero-order valence-electron chi connectivity index (χ0n) is 13.9. The maximum Gasteiger partial charge on any atom is 0.228 e.